The van der Waals surface area contributed by atoms with Crippen molar-refractivity contribution in [3.8, 4) is 0 Å². The molecule has 6 nitrogen and oxygen atoms in total. The summed E-state index contributed by atoms with van der Waals surface area (Å²) >= 11 is 0. The summed E-state index contributed by atoms with van der Waals surface area (Å²) in [5, 5.41) is 10.9. The molecule has 0 unspecified atom stereocenters. The molecule has 0 aromatic carbocycles. The Morgan fingerprint density at radius 2 is 2.08 bits per heavy atom. The zero-order valence-electron chi connectivity index (χ0n) is 16.3. The minimum Gasteiger partial charge on any atom is -0.387 e. The number of carbonyl (C=O) groups is 1. The van der Waals surface area contributed by atoms with Crippen molar-refractivity contribution < 1.29 is 14.6 Å². The van der Waals surface area contributed by atoms with E-state index in [4.69, 9.17) is 4.74 Å². The van der Waals surface area contributed by atoms with Gasteiger partial charge in [0.15, 0.2) is 0 Å². The van der Waals surface area contributed by atoms with E-state index in [2.05, 4.69) is 23.8 Å². The van der Waals surface area contributed by atoms with Crippen LogP contribution in [0.15, 0.2) is 6.07 Å². The van der Waals surface area contributed by atoms with E-state index in [1.165, 1.54) is 0 Å². The summed E-state index contributed by atoms with van der Waals surface area (Å²) in [5.74, 6) is 0.993. The molecule has 1 aromatic heterocycles. The summed E-state index contributed by atoms with van der Waals surface area (Å²) in [6, 6.07) is 1.80. The Labute approximate surface area is 150 Å². The lowest BCUT2D eigenvalue weighted by Crippen LogP contribution is -2.60. The smallest absolute Gasteiger partial charge is 0.272 e. The summed E-state index contributed by atoms with van der Waals surface area (Å²) in [6.45, 7) is 11.2. The Hall–Kier alpha value is -1.53. The molecule has 0 bridgehead atoms. The first-order valence-electron chi connectivity index (χ1n) is 8.93. The second-order valence-electron chi connectivity index (χ2n) is 8.21. The molecule has 0 aliphatic carbocycles. The molecule has 1 aliphatic rings. The maximum atomic E-state index is 13.0. The molecule has 140 valence electrons. The van der Waals surface area contributed by atoms with Gasteiger partial charge in [-0.15, -0.1) is 0 Å². The van der Waals surface area contributed by atoms with Crippen LogP contribution < -0.4 is 0 Å². The molecule has 1 amide bonds. The van der Waals surface area contributed by atoms with Crippen molar-refractivity contribution >= 4 is 5.91 Å². The fraction of sp³-hybridized carbons (Fsp3) is 0.737. The molecule has 2 rings (SSSR count). The van der Waals surface area contributed by atoms with E-state index >= 15 is 0 Å². The van der Waals surface area contributed by atoms with Crippen LogP contribution in [0.4, 0.5) is 0 Å². The number of aryl methyl sites for hydroxylation is 1. The first-order valence-corrected chi connectivity index (χ1v) is 8.93. The van der Waals surface area contributed by atoms with E-state index in [9.17, 15) is 9.90 Å². The highest BCUT2D eigenvalue weighted by Crippen LogP contribution is 2.39. The predicted octanol–water partition coefficient (Wildman–Crippen LogP) is 2.23. The molecule has 0 radical (unpaired) electrons. The maximum Gasteiger partial charge on any atom is 0.272 e. The molecule has 1 aliphatic heterocycles. The molecular formula is C19H31N3O3. The Balaban J connectivity index is 2.20. The van der Waals surface area contributed by atoms with Crippen molar-refractivity contribution in [3.05, 3.63) is 23.3 Å². The molecule has 1 aromatic rings. The van der Waals surface area contributed by atoms with Gasteiger partial charge < -0.3 is 14.7 Å². The second kappa shape index (κ2) is 7.38. The number of nitrogens with zero attached hydrogens (tertiary/aromatic N) is 3. The summed E-state index contributed by atoms with van der Waals surface area (Å²) in [4.78, 5) is 23.5. The SMILES string of the molecule is COC[C@]1(O)CCN(C(=O)c2cc(CC(C)C)nc(C)n2)CC1(C)C. The minimum absolute atomic E-state index is 0.0944. The Bertz CT molecular complexity index is 630. The van der Waals surface area contributed by atoms with Crippen molar-refractivity contribution in [2.45, 2.75) is 53.1 Å². The van der Waals surface area contributed by atoms with Gasteiger partial charge in [0.25, 0.3) is 5.91 Å². The molecule has 1 saturated heterocycles. The molecule has 6 heteroatoms. The third kappa shape index (κ3) is 4.36. The normalized spacial score (nSPS) is 23.1. The summed E-state index contributed by atoms with van der Waals surface area (Å²) in [7, 11) is 1.59. The predicted molar refractivity (Wildman–Crippen MR) is 96.4 cm³/mol. The van der Waals surface area contributed by atoms with Gasteiger partial charge in [0.05, 0.1) is 12.2 Å². The van der Waals surface area contributed by atoms with Crippen LogP contribution in [0.2, 0.25) is 0 Å². The van der Waals surface area contributed by atoms with Gasteiger partial charge in [-0.05, 0) is 31.7 Å². The lowest BCUT2D eigenvalue weighted by molar-refractivity contribution is -0.144. The van der Waals surface area contributed by atoms with Crippen LogP contribution >= 0.6 is 0 Å². The number of aromatic nitrogens is 2. The van der Waals surface area contributed by atoms with Crippen LogP contribution in [0.1, 0.15) is 56.1 Å². The molecule has 1 N–H and O–H groups in total. The Morgan fingerprint density at radius 3 is 2.64 bits per heavy atom. The average molecular weight is 349 g/mol. The van der Waals surface area contributed by atoms with Gasteiger partial charge in [-0.25, -0.2) is 9.97 Å². The molecule has 1 fully saturated rings. The van der Waals surface area contributed by atoms with Crippen molar-refractivity contribution in [2.75, 3.05) is 26.8 Å². The van der Waals surface area contributed by atoms with Crippen LogP contribution in [0.3, 0.4) is 0 Å². The quantitative estimate of drug-likeness (QED) is 0.882. The van der Waals surface area contributed by atoms with E-state index in [0.717, 1.165) is 12.1 Å². The van der Waals surface area contributed by atoms with E-state index < -0.39 is 11.0 Å². The van der Waals surface area contributed by atoms with Gasteiger partial charge in [-0.3, -0.25) is 4.79 Å². The van der Waals surface area contributed by atoms with Crippen LogP contribution in [-0.2, 0) is 11.2 Å². The second-order valence-corrected chi connectivity index (χ2v) is 8.21. The van der Waals surface area contributed by atoms with Gasteiger partial charge >= 0.3 is 0 Å². The fourth-order valence-corrected chi connectivity index (χ4v) is 3.47. The third-order valence-electron chi connectivity index (χ3n) is 5.04. The topological polar surface area (TPSA) is 75.6 Å². The lowest BCUT2D eigenvalue weighted by Gasteiger charge is -2.49. The monoisotopic (exact) mass is 349 g/mol. The Kier molecular flexibility index (Phi) is 5.84. The van der Waals surface area contributed by atoms with Crippen molar-refractivity contribution in [3.63, 3.8) is 0 Å². The van der Waals surface area contributed by atoms with Gasteiger partial charge in [0.2, 0.25) is 0 Å². The van der Waals surface area contributed by atoms with Crippen molar-refractivity contribution in [1.82, 2.24) is 14.9 Å². The summed E-state index contributed by atoms with van der Waals surface area (Å²) in [6.07, 6.45) is 1.31. The number of amides is 1. The number of piperidine rings is 1. The zero-order chi connectivity index (χ0) is 18.8. The van der Waals surface area contributed by atoms with E-state index in [0.29, 0.717) is 36.9 Å². The number of hydrogen-bond donors (Lipinski definition) is 1. The largest absolute Gasteiger partial charge is 0.387 e. The molecule has 2 heterocycles. The van der Waals surface area contributed by atoms with Gasteiger partial charge in [-0.1, -0.05) is 27.7 Å². The van der Waals surface area contributed by atoms with E-state index in [1.54, 1.807) is 18.1 Å². The number of ether oxygens (including phenoxy) is 1. The molecule has 0 spiro atoms. The van der Waals surface area contributed by atoms with Gasteiger partial charge in [-0.2, -0.15) is 0 Å². The zero-order valence-corrected chi connectivity index (χ0v) is 16.3. The highest BCUT2D eigenvalue weighted by atomic mass is 16.5. The minimum atomic E-state index is -0.928. The van der Waals surface area contributed by atoms with Gasteiger partial charge in [0, 0.05) is 31.3 Å². The highest BCUT2D eigenvalue weighted by Gasteiger charge is 2.48. The fourth-order valence-electron chi connectivity index (χ4n) is 3.47. The van der Waals surface area contributed by atoms with Crippen LogP contribution in [0.25, 0.3) is 0 Å². The lowest BCUT2D eigenvalue weighted by atomic mass is 9.70. The number of hydrogen-bond acceptors (Lipinski definition) is 5. The first kappa shape index (κ1) is 19.8. The van der Waals surface area contributed by atoms with E-state index in [-0.39, 0.29) is 12.5 Å². The molecular weight excluding hydrogens is 318 g/mol. The summed E-state index contributed by atoms with van der Waals surface area (Å²) < 4.78 is 5.19. The highest BCUT2D eigenvalue weighted by molar-refractivity contribution is 5.92. The number of aliphatic hydroxyl groups is 1. The number of likely N-dealkylation sites (tertiary alicyclic amines) is 1. The third-order valence-corrected chi connectivity index (χ3v) is 5.04. The number of carbonyl (C=O) groups excluding carboxylic acids is 1. The van der Waals surface area contributed by atoms with Crippen molar-refractivity contribution in [2.24, 2.45) is 11.3 Å². The first-order chi connectivity index (χ1) is 11.6. The average Bonchev–Trinajstić information content (AvgIpc) is 2.48. The molecule has 1 atom stereocenters. The van der Waals surface area contributed by atoms with Crippen LogP contribution in [0, 0.1) is 18.3 Å². The molecule has 25 heavy (non-hydrogen) atoms. The maximum absolute atomic E-state index is 13.0. The standard InChI is InChI=1S/C19H31N3O3/c1-13(2)9-15-10-16(21-14(3)20-15)17(23)22-8-7-19(24,12-25-6)18(4,5)11-22/h10,13,24H,7-9,11-12H2,1-6H3/t19-/m1/s1. The van der Waals surface area contributed by atoms with E-state index in [1.807, 2.05) is 20.8 Å². The van der Waals surface area contributed by atoms with Crippen molar-refractivity contribution in [1.29, 1.82) is 0 Å². The van der Waals surface area contributed by atoms with Gasteiger partial charge in [0.1, 0.15) is 11.5 Å². The van der Waals surface area contributed by atoms with Crippen LogP contribution in [-0.4, -0.2) is 58.3 Å². The Morgan fingerprint density at radius 1 is 1.40 bits per heavy atom. The number of methoxy groups -OCH3 is 1. The summed E-state index contributed by atoms with van der Waals surface area (Å²) in [5.41, 5.74) is -0.0444. The molecule has 0 saturated carbocycles. The van der Waals surface area contributed by atoms with Crippen LogP contribution in [0.5, 0.6) is 0 Å². The number of rotatable bonds is 5.